The van der Waals surface area contributed by atoms with E-state index in [4.69, 9.17) is 9.47 Å². The Morgan fingerprint density at radius 3 is 2.69 bits per heavy atom. The molecule has 2 aliphatic heterocycles. The Balaban J connectivity index is 1.36. The van der Waals surface area contributed by atoms with Gasteiger partial charge in [-0.15, -0.1) is 0 Å². The molecule has 3 amide bonds. The number of anilines is 2. The molecule has 1 fully saturated rings. The minimum absolute atomic E-state index is 0.00207. The van der Waals surface area contributed by atoms with Crippen molar-refractivity contribution in [2.24, 2.45) is 0 Å². The molecule has 2 aromatic carbocycles. The fourth-order valence-electron chi connectivity index (χ4n) is 3.11. The fourth-order valence-corrected chi connectivity index (χ4v) is 3.11. The number of hydrogen-bond donors (Lipinski definition) is 2. The lowest BCUT2D eigenvalue weighted by Crippen LogP contribution is -2.39. The Labute approximate surface area is 150 Å². The number of benzene rings is 2. The molecule has 1 atom stereocenters. The quantitative estimate of drug-likeness (QED) is 0.889. The zero-order chi connectivity index (χ0) is 18.1. The first-order chi connectivity index (χ1) is 12.6. The topological polar surface area (TPSA) is 79.9 Å². The summed E-state index contributed by atoms with van der Waals surface area (Å²) in [4.78, 5) is 26.2. The molecule has 7 heteroatoms. The molecule has 0 spiro atoms. The molecule has 26 heavy (non-hydrogen) atoms. The van der Waals surface area contributed by atoms with Gasteiger partial charge in [-0.1, -0.05) is 17.7 Å². The number of fused-ring (bicyclic) bond motifs is 1. The van der Waals surface area contributed by atoms with Gasteiger partial charge in [0.25, 0.3) is 0 Å². The van der Waals surface area contributed by atoms with E-state index in [-0.39, 0.29) is 31.2 Å². The van der Waals surface area contributed by atoms with Crippen molar-refractivity contribution in [3.05, 3.63) is 48.0 Å². The van der Waals surface area contributed by atoms with E-state index in [1.54, 1.807) is 23.1 Å². The van der Waals surface area contributed by atoms with Gasteiger partial charge in [-0.05, 0) is 31.2 Å². The molecule has 2 heterocycles. The van der Waals surface area contributed by atoms with Crippen LogP contribution in [0, 0.1) is 6.92 Å². The van der Waals surface area contributed by atoms with Crippen molar-refractivity contribution in [3.63, 3.8) is 0 Å². The number of amides is 3. The molecule has 0 aliphatic carbocycles. The number of rotatable bonds is 3. The summed E-state index contributed by atoms with van der Waals surface area (Å²) in [5.41, 5.74) is 2.59. The minimum Gasteiger partial charge on any atom is -0.454 e. The molecule has 0 radical (unpaired) electrons. The number of nitrogens with zero attached hydrogens (tertiary/aromatic N) is 1. The maximum atomic E-state index is 12.3. The van der Waals surface area contributed by atoms with Crippen LogP contribution in [0.15, 0.2) is 42.5 Å². The van der Waals surface area contributed by atoms with Crippen LogP contribution in [0.5, 0.6) is 11.5 Å². The Bertz CT molecular complexity index is 850. The lowest BCUT2D eigenvalue weighted by atomic mass is 10.2. The van der Waals surface area contributed by atoms with Gasteiger partial charge in [0.15, 0.2) is 11.5 Å². The highest BCUT2D eigenvalue weighted by molar-refractivity contribution is 5.97. The van der Waals surface area contributed by atoms with Crippen LogP contribution in [-0.4, -0.2) is 31.3 Å². The van der Waals surface area contributed by atoms with Crippen molar-refractivity contribution in [1.29, 1.82) is 0 Å². The van der Waals surface area contributed by atoms with Gasteiger partial charge >= 0.3 is 6.03 Å². The summed E-state index contributed by atoms with van der Waals surface area (Å²) >= 11 is 0. The van der Waals surface area contributed by atoms with Gasteiger partial charge in [0, 0.05) is 30.4 Å². The lowest BCUT2D eigenvalue weighted by molar-refractivity contribution is -0.117. The first-order valence-electron chi connectivity index (χ1n) is 8.43. The number of ether oxygens (including phenoxy) is 2. The largest absolute Gasteiger partial charge is 0.454 e. The molecular formula is C19H19N3O4. The standard InChI is InChI=1S/C19H19N3O4/c1-12-2-5-15(6-3-12)22-10-14(9-18(22)23)21-19(24)20-13-4-7-16-17(8-13)26-11-25-16/h2-8,14H,9-11H2,1H3,(H2,20,21,24). The number of urea groups is 1. The smallest absolute Gasteiger partial charge is 0.319 e. The van der Waals surface area contributed by atoms with Crippen molar-refractivity contribution in [3.8, 4) is 11.5 Å². The van der Waals surface area contributed by atoms with E-state index in [2.05, 4.69) is 10.6 Å². The molecule has 2 aliphatic rings. The number of carbonyl (C=O) groups excluding carboxylic acids is 2. The molecule has 0 saturated carbocycles. The molecule has 0 bridgehead atoms. The van der Waals surface area contributed by atoms with Crippen LogP contribution in [0.4, 0.5) is 16.2 Å². The van der Waals surface area contributed by atoms with Crippen LogP contribution in [0.2, 0.25) is 0 Å². The van der Waals surface area contributed by atoms with Gasteiger partial charge in [0.1, 0.15) is 0 Å². The summed E-state index contributed by atoms with van der Waals surface area (Å²) in [5.74, 6) is 1.26. The zero-order valence-corrected chi connectivity index (χ0v) is 14.3. The molecule has 7 nitrogen and oxygen atoms in total. The van der Waals surface area contributed by atoms with E-state index in [0.29, 0.717) is 23.7 Å². The maximum absolute atomic E-state index is 12.3. The van der Waals surface area contributed by atoms with E-state index in [9.17, 15) is 9.59 Å². The summed E-state index contributed by atoms with van der Waals surface area (Å²) in [5, 5.41) is 5.61. The number of carbonyl (C=O) groups is 2. The summed E-state index contributed by atoms with van der Waals surface area (Å²) in [6, 6.07) is 12.4. The van der Waals surface area contributed by atoms with Crippen molar-refractivity contribution >= 4 is 23.3 Å². The third-order valence-electron chi connectivity index (χ3n) is 4.44. The molecule has 0 aromatic heterocycles. The average molecular weight is 353 g/mol. The summed E-state index contributed by atoms with van der Waals surface area (Å²) in [7, 11) is 0. The minimum atomic E-state index is -0.354. The van der Waals surface area contributed by atoms with E-state index < -0.39 is 0 Å². The summed E-state index contributed by atoms with van der Waals surface area (Å²) < 4.78 is 10.5. The van der Waals surface area contributed by atoms with Crippen LogP contribution >= 0.6 is 0 Å². The van der Waals surface area contributed by atoms with Crippen LogP contribution in [0.1, 0.15) is 12.0 Å². The molecule has 1 saturated heterocycles. The number of aryl methyl sites for hydroxylation is 1. The molecular weight excluding hydrogens is 334 g/mol. The van der Waals surface area contributed by atoms with E-state index in [0.717, 1.165) is 11.3 Å². The highest BCUT2D eigenvalue weighted by Crippen LogP contribution is 2.34. The van der Waals surface area contributed by atoms with Crippen LogP contribution in [0.3, 0.4) is 0 Å². The fraction of sp³-hybridized carbons (Fsp3) is 0.263. The number of hydrogen-bond acceptors (Lipinski definition) is 4. The molecule has 1 unspecified atom stereocenters. The van der Waals surface area contributed by atoms with Crippen molar-refractivity contribution in [2.45, 2.75) is 19.4 Å². The second kappa shape index (κ2) is 6.59. The Morgan fingerprint density at radius 2 is 1.88 bits per heavy atom. The second-order valence-corrected chi connectivity index (χ2v) is 6.41. The summed E-state index contributed by atoms with van der Waals surface area (Å²) in [6.07, 6.45) is 0.280. The van der Waals surface area contributed by atoms with E-state index >= 15 is 0 Å². The van der Waals surface area contributed by atoms with E-state index in [1.807, 2.05) is 31.2 Å². The third kappa shape index (κ3) is 3.28. The highest BCUT2D eigenvalue weighted by atomic mass is 16.7. The van der Waals surface area contributed by atoms with Crippen molar-refractivity contribution < 1.29 is 19.1 Å². The van der Waals surface area contributed by atoms with Crippen molar-refractivity contribution in [2.75, 3.05) is 23.6 Å². The van der Waals surface area contributed by atoms with Crippen LogP contribution in [0.25, 0.3) is 0 Å². The van der Waals surface area contributed by atoms with Gasteiger partial charge in [-0.3, -0.25) is 4.79 Å². The monoisotopic (exact) mass is 353 g/mol. The SMILES string of the molecule is Cc1ccc(N2CC(NC(=O)Nc3ccc4c(c3)OCO4)CC2=O)cc1. The molecule has 2 aromatic rings. The normalized spacial score (nSPS) is 18.1. The Kier molecular flexibility index (Phi) is 4.12. The van der Waals surface area contributed by atoms with E-state index in [1.165, 1.54) is 0 Å². The summed E-state index contributed by atoms with van der Waals surface area (Å²) in [6.45, 7) is 2.64. The number of nitrogens with one attached hydrogen (secondary N) is 2. The lowest BCUT2D eigenvalue weighted by Gasteiger charge is -2.17. The molecule has 134 valence electrons. The average Bonchev–Trinajstić information content (AvgIpc) is 3.21. The van der Waals surface area contributed by atoms with Crippen LogP contribution in [-0.2, 0) is 4.79 Å². The maximum Gasteiger partial charge on any atom is 0.319 e. The van der Waals surface area contributed by atoms with Gasteiger partial charge in [-0.2, -0.15) is 0 Å². The Morgan fingerprint density at radius 1 is 1.12 bits per heavy atom. The second-order valence-electron chi connectivity index (χ2n) is 6.41. The highest BCUT2D eigenvalue weighted by Gasteiger charge is 2.31. The molecule has 2 N–H and O–H groups in total. The van der Waals surface area contributed by atoms with Crippen LogP contribution < -0.4 is 25.0 Å². The Hall–Kier alpha value is -3.22. The predicted molar refractivity (Wildman–Crippen MR) is 96.7 cm³/mol. The first-order valence-corrected chi connectivity index (χ1v) is 8.43. The first kappa shape index (κ1) is 16.3. The van der Waals surface area contributed by atoms with Gasteiger partial charge in [0.2, 0.25) is 12.7 Å². The zero-order valence-electron chi connectivity index (χ0n) is 14.3. The molecule has 4 rings (SSSR count). The predicted octanol–water partition coefficient (Wildman–Crippen LogP) is 2.65. The van der Waals surface area contributed by atoms with Gasteiger partial charge in [-0.25, -0.2) is 4.79 Å². The third-order valence-corrected chi connectivity index (χ3v) is 4.44. The van der Waals surface area contributed by atoms with Gasteiger partial charge in [0.05, 0.1) is 6.04 Å². The van der Waals surface area contributed by atoms with Crippen molar-refractivity contribution in [1.82, 2.24) is 5.32 Å². The van der Waals surface area contributed by atoms with Gasteiger partial charge < -0.3 is 25.0 Å².